The largest absolute Gasteiger partial charge is 0.478 e. The Balaban J connectivity index is 1.87. The van der Waals surface area contributed by atoms with Gasteiger partial charge in [-0.15, -0.1) is 11.3 Å². The molecule has 2 aromatic heterocycles. The molecular weight excluding hydrogens is 248 g/mol. The fourth-order valence-electron chi connectivity index (χ4n) is 2.13. The van der Waals surface area contributed by atoms with E-state index in [1.54, 1.807) is 23.9 Å². The van der Waals surface area contributed by atoms with Crippen molar-refractivity contribution in [2.24, 2.45) is 0 Å². The second-order valence-electron chi connectivity index (χ2n) is 4.31. The molecule has 0 spiro atoms. The molecule has 4 nitrogen and oxygen atoms in total. The lowest BCUT2D eigenvalue weighted by Gasteiger charge is -2.08. The van der Waals surface area contributed by atoms with Crippen LogP contribution in [0.5, 0.6) is 0 Å². The SMILES string of the molecule is O=C(O)C1=Cc2sc(Cn3ccnc3)cc2CC1. The van der Waals surface area contributed by atoms with Crippen molar-refractivity contribution in [2.75, 3.05) is 0 Å². The minimum absolute atomic E-state index is 0.513. The van der Waals surface area contributed by atoms with Crippen molar-refractivity contribution in [2.45, 2.75) is 19.4 Å². The van der Waals surface area contributed by atoms with Gasteiger partial charge in [0, 0.05) is 27.7 Å². The second-order valence-corrected chi connectivity index (χ2v) is 5.48. The zero-order valence-corrected chi connectivity index (χ0v) is 10.5. The average molecular weight is 260 g/mol. The summed E-state index contributed by atoms with van der Waals surface area (Å²) in [5.74, 6) is -0.801. The number of nitrogens with zero attached hydrogens (tertiary/aromatic N) is 2. The van der Waals surface area contributed by atoms with Gasteiger partial charge in [0.15, 0.2) is 0 Å². The third kappa shape index (κ3) is 2.09. The summed E-state index contributed by atoms with van der Waals surface area (Å²) in [6.07, 6.45) is 8.74. The van der Waals surface area contributed by atoms with E-state index in [1.807, 2.05) is 16.8 Å². The van der Waals surface area contributed by atoms with Gasteiger partial charge < -0.3 is 9.67 Å². The van der Waals surface area contributed by atoms with E-state index in [0.717, 1.165) is 17.8 Å². The minimum Gasteiger partial charge on any atom is -0.478 e. The number of thiophene rings is 1. The Bertz CT molecular complexity index is 611. The van der Waals surface area contributed by atoms with Crippen molar-refractivity contribution in [3.8, 4) is 0 Å². The molecule has 1 aliphatic rings. The van der Waals surface area contributed by atoms with Gasteiger partial charge in [0.2, 0.25) is 0 Å². The van der Waals surface area contributed by atoms with Crippen molar-refractivity contribution in [1.29, 1.82) is 0 Å². The van der Waals surface area contributed by atoms with E-state index in [-0.39, 0.29) is 0 Å². The van der Waals surface area contributed by atoms with Gasteiger partial charge in [-0.3, -0.25) is 0 Å². The molecule has 0 amide bonds. The normalized spacial score (nSPS) is 14.1. The summed E-state index contributed by atoms with van der Waals surface area (Å²) in [4.78, 5) is 17.3. The van der Waals surface area contributed by atoms with Gasteiger partial charge in [-0.25, -0.2) is 9.78 Å². The molecule has 1 N–H and O–H groups in total. The van der Waals surface area contributed by atoms with Crippen molar-refractivity contribution in [1.82, 2.24) is 9.55 Å². The van der Waals surface area contributed by atoms with Crippen LogP contribution in [0, 0.1) is 0 Å². The van der Waals surface area contributed by atoms with E-state index < -0.39 is 5.97 Å². The number of carboxylic acids is 1. The van der Waals surface area contributed by atoms with Crippen LogP contribution in [0.25, 0.3) is 6.08 Å². The third-order valence-corrected chi connectivity index (χ3v) is 4.14. The van der Waals surface area contributed by atoms with Gasteiger partial charge >= 0.3 is 5.97 Å². The number of fused-ring (bicyclic) bond motifs is 1. The van der Waals surface area contributed by atoms with E-state index in [1.165, 1.54) is 10.4 Å². The molecule has 0 aromatic carbocycles. The topological polar surface area (TPSA) is 55.1 Å². The van der Waals surface area contributed by atoms with Gasteiger partial charge in [-0.05, 0) is 30.5 Å². The lowest BCUT2D eigenvalue weighted by Crippen LogP contribution is -2.05. The number of imidazole rings is 1. The molecule has 3 rings (SSSR count). The van der Waals surface area contributed by atoms with Crippen LogP contribution in [-0.4, -0.2) is 20.6 Å². The van der Waals surface area contributed by atoms with E-state index in [4.69, 9.17) is 5.11 Å². The van der Waals surface area contributed by atoms with Crippen LogP contribution in [0.4, 0.5) is 0 Å². The molecule has 0 unspecified atom stereocenters. The summed E-state index contributed by atoms with van der Waals surface area (Å²) in [6.45, 7) is 0.800. The molecule has 0 bridgehead atoms. The summed E-state index contributed by atoms with van der Waals surface area (Å²) in [5.41, 5.74) is 1.78. The number of hydrogen-bond acceptors (Lipinski definition) is 3. The zero-order valence-electron chi connectivity index (χ0n) is 9.67. The van der Waals surface area contributed by atoms with E-state index in [0.29, 0.717) is 12.0 Å². The van der Waals surface area contributed by atoms with E-state index in [2.05, 4.69) is 11.1 Å². The Morgan fingerprint density at radius 3 is 3.11 bits per heavy atom. The molecule has 5 heteroatoms. The van der Waals surface area contributed by atoms with Crippen LogP contribution in [0.15, 0.2) is 30.4 Å². The Morgan fingerprint density at radius 2 is 2.39 bits per heavy atom. The van der Waals surface area contributed by atoms with Crippen LogP contribution in [-0.2, 0) is 17.8 Å². The monoisotopic (exact) mass is 260 g/mol. The van der Waals surface area contributed by atoms with Crippen LogP contribution in [0.1, 0.15) is 21.7 Å². The van der Waals surface area contributed by atoms with Crippen molar-refractivity contribution >= 4 is 23.4 Å². The Morgan fingerprint density at radius 1 is 1.50 bits per heavy atom. The average Bonchev–Trinajstić information content (AvgIpc) is 2.96. The Hall–Kier alpha value is -1.88. The zero-order chi connectivity index (χ0) is 12.5. The van der Waals surface area contributed by atoms with Crippen LogP contribution in [0.3, 0.4) is 0 Å². The first-order chi connectivity index (χ1) is 8.72. The number of aromatic nitrogens is 2. The first kappa shape index (κ1) is 11.2. The van der Waals surface area contributed by atoms with Crippen molar-refractivity contribution < 1.29 is 9.90 Å². The molecule has 0 aliphatic heterocycles. The van der Waals surface area contributed by atoms with Gasteiger partial charge in [0.1, 0.15) is 0 Å². The molecule has 0 fully saturated rings. The maximum absolute atomic E-state index is 11.0. The molecule has 18 heavy (non-hydrogen) atoms. The van der Waals surface area contributed by atoms with Gasteiger partial charge in [-0.2, -0.15) is 0 Å². The highest BCUT2D eigenvalue weighted by molar-refractivity contribution is 7.13. The van der Waals surface area contributed by atoms with E-state index >= 15 is 0 Å². The number of carboxylic acid groups (broad SMARTS) is 1. The number of hydrogen-bond donors (Lipinski definition) is 1. The molecular formula is C13H12N2O2S. The lowest BCUT2D eigenvalue weighted by molar-refractivity contribution is -0.132. The standard InChI is InChI=1S/C13H12N2O2S/c16-13(17)10-2-1-9-5-11(18-12(9)6-10)7-15-4-3-14-8-15/h3-6,8H,1-2,7H2,(H,16,17). The Labute approximate surface area is 108 Å². The lowest BCUT2D eigenvalue weighted by atomic mass is 9.98. The number of carbonyl (C=O) groups is 1. The molecule has 2 heterocycles. The van der Waals surface area contributed by atoms with Crippen LogP contribution in [0.2, 0.25) is 0 Å². The maximum Gasteiger partial charge on any atom is 0.331 e. The summed E-state index contributed by atoms with van der Waals surface area (Å²) in [5, 5.41) is 9.00. The summed E-state index contributed by atoms with van der Waals surface area (Å²) in [6, 6.07) is 2.18. The summed E-state index contributed by atoms with van der Waals surface area (Å²) < 4.78 is 2.01. The molecule has 0 saturated carbocycles. The highest BCUT2D eigenvalue weighted by Gasteiger charge is 2.17. The fraction of sp³-hybridized carbons (Fsp3) is 0.231. The highest BCUT2D eigenvalue weighted by atomic mass is 32.1. The van der Waals surface area contributed by atoms with Crippen molar-refractivity contribution in [3.05, 3.63) is 45.7 Å². The second kappa shape index (κ2) is 4.42. The van der Waals surface area contributed by atoms with E-state index in [9.17, 15) is 4.79 Å². The predicted molar refractivity (Wildman–Crippen MR) is 69.6 cm³/mol. The quantitative estimate of drug-likeness (QED) is 0.922. The predicted octanol–water partition coefficient (Wildman–Crippen LogP) is 2.41. The van der Waals surface area contributed by atoms with Crippen LogP contribution >= 0.6 is 11.3 Å². The molecule has 0 radical (unpaired) electrons. The maximum atomic E-state index is 11.0. The van der Waals surface area contributed by atoms with Gasteiger partial charge in [0.05, 0.1) is 12.9 Å². The van der Waals surface area contributed by atoms with Crippen LogP contribution < -0.4 is 0 Å². The smallest absolute Gasteiger partial charge is 0.331 e. The van der Waals surface area contributed by atoms with Crippen molar-refractivity contribution in [3.63, 3.8) is 0 Å². The minimum atomic E-state index is -0.801. The Kier molecular flexibility index (Phi) is 2.76. The first-order valence-corrected chi connectivity index (χ1v) is 6.55. The summed E-state index contributed by atoms with van der Waals surface area (Å²) >= 11 is 1.67. The molecule has 2 aromatic rings. The first-order valence-electron chi connectivity index (χ1n) is 5.73. The van der Waals surface area contributed by atoms with Gasteiger partial charge in [-0.1, -0.05) is 0 Å². The summed E-state index contributed by atoms with van der Waals surface area (Å²) in [7, 11) is 0. The number of aliphatic carboxylic acids is 1. The molecule has 0 atom stereocenters. The number of rotatable bonds is 3. The molecule has 0 saturated heterocycles. The highest BCUT2D eigenvalue weighted by Crippen LogP contribution is 2.31. The van der Waals surface area contributed by atoms with Gasteiger partial charge in [0.25, 0.3) is 0 Å². The third-order valence-electron chi connectivity index (χ3n) is 3.03. The fourth-order valence-corrected chi connectivity index (χ4v) is 3.32. The molecule has 1 aliphatic carbocycles. The number of aryl methyl sites for hydroxylation is 1. The molecule has 92 valence electrons.